The molecule has 2 heterocycles. The van der Waals surface area contributed by atoms with Crippen LogP contribution in [0, 0.1) is 0 Å². The van der Waals surface area contributed by atoms with Gasteiger partial charge in [0, 0.05) is 10.6 Å². The molecule has 0 bridgehead atoms. The van der Waals surface area contributed by atoms with Crippen molar-refractivity contribution in [1.82, 2.24) is 9.59 Å². The number of halogens is 1. The Morgan fingerprint density at radius 3 is 2.94 bits per heavy atom. The van der Waals surface area contributed by atoms with Crippen molar-refractivity contribution in [3.8, 4) is 11.3 Å². The fourth-order valence-electron chi connectivity index (χ4n) is 1.92. The van der Waals surface area contributed by atoms with Gasteiger partial charge in [-0.2, -0.15) is 0 Å². The van der Waals surface area contributed by atoms with Crippen molar-refractivity contribution in [3.05, 3.63) is 28.1 Å². The van der Waals surface area contributed by atoms with E-state index in [1.807, 2.05) is 0 Å². The average molecular weight is 287 g/mol. The zero-order valence-electron chi connectivity index (χ0n) is 8.71. The van der Waals surface area contributed by atoms with Gasteiger partial charge >= 0.3 is 0 Å². The van der Waals surface area contributed by atoms with Gasteiger partial charge in [0.15, 0.2) is 9.84 Å². The molecule has 1 atom stereocenters. The molecule has 0 aliphatic carbocycles. The highest BCUT2D eigenvalue weighted by atomic mass is 35.5. The van der Waals surface area contributed by atoms with Crippen LogP contribution in [0.2, 0.25) is 5.02 Å². The van der Waals surface area contributed by atoms with Gasteiger partial charge < -0.3 is 0 Å². The number of hydrogen-bond acceptors (Lipinski definition) is 5. The lowest BCUT2D eigenvalue weighted by atomic mass is 10.1. The second-order valence-electron chi connectivity index (χ2n) is 3.81. The maximum atomic E-state index is 12.3. The van der Waals surface area contributed by atoms with Crippen LogP contribution in [-0.4, -0.2) is 18.0 Å². The summed E-state index contributed by atoms with van der Waals surface area (Å²) in [7, 11) is -3.35. The first-order valence-corrected chi connectivity index (χ1v) is 7.57. The lowest BCUT2D eigenvalue weighted by Gasteiger charge is -2.20. The van der Waals surface area contributed by atoms with Crippen molar-refractivity contribution >= 4 is 33.0 Å². The summed E-state index contributed by atoms with van der Waals surface area (Å²) >= 11 is 7.02. The molecule has 1 aromatic heterocycles. The molecule has 0 radical (unpaired) electrons. The normalized spacial score (nSPS) is 20.7. The quantitative estimate of drug-likeness (QED) is 0.747. The molecule has 2 aromatic rings. The smallest absolute Gasteiger partial charge is 0.186 e. The zero-order chi connectivity index (χ0) is 12.2. The van der Waals surface area contributed by atoms with E-state index in [1.54, 1.807) is 19.1 Å². The Labute approximate surface area is 107 Å². The monoisotopic (exact) mass is 286 g/mol. The van der Waals surface area contributed by atoms with Crippen molar-refractivity contribution in [2.75, 3.05) is 0 Å². The molecule has 1 unspecified atom stereocenters. The third kappa shape index (κ3) is 1.44. The Balaban J connectivity index is 2.45. The second kappa shape index (κ2) is 3.51. The largest absolute Gasteiger partial charge is 0.223 e. The van der Waals surface area contributed by atoms with Crippen LogP contribution >= 0.6 is 23.1 Å². The van der Waals surface area contributed by atoms with Gasteiger partial charge in [0.2, 0.25) is 0 Å². The predicted octanol–water partition coefficient (Wildman–Crippen LogP) is 2.71. The summed E-state index contributed by atoms with van der Waals surface area (Å²) in [6, 6.07) is 4.74. The molecule has 0 fully saturated rings. The summed E-state index contributed by atoms with van der Waals surface area (Å²) in [6.07, 6.45) is 0. The van der Waals surface area contributed by atoms with E-state index in [-0.39, 0.29) is 4.90 Å². The maximum Gasteiger partial charge on any atom is 0.186 e. The van der Waals surface area contributed by atoms with Crippen LogP contribution in [0.1, 0.15) is 17.1 Å². The van der Waals surface area contributed by atoms with E-state index >= 15 is 0 Å². The lowest BCUT2D eigenvalue weighted by Crippen LogP contribution is -2.16. The minimum Gasteiger partial charge on any atom is -0.223 e. The van der Waals surface area contributed by atoms with Crippen LogP contribution in [0.5, 0.6) is 0 Å². The van der Waals surface area contributed by atoms with E-state index in [0.29, 0.717) is 21.2 Å². The van der Waals surface area contributed by atoms with E-state index in [2.05, 4.69) is 9.59 Å². The van der Waals surface area contributed by atoms with E-state index < -0.39 is 15.1 Å². The highest BCUT2D eigenvalue weighted by Gasteiger charge is 2.37. The molecule has 0 spiro atoms. The standard InChI is InChI=1S/C10H7ClN2O2S2/c1-5-10-9(12-13-16-10)7-4-6(11)2-3-8(7)17(5,14)15/h2-5H,1H3. The lowest BCUT2D eigenvalue weighted by molar-refractivity contribution is 0.586. The van der Waals surface area contributed by atoms with Gasteiger partial charge in [-0.1, -0.05) is 16.1 Å². The summed E-state index contributed by atoms with van der Waals surface area (Å²) in [5, 5.41) is 3.90. The fraction of sp³-hybridized carbons (Fsp3) is 0.200. The molecule has 1 aromatic carbocycles. The average Bonchev–Trinajstić information content (AvgIpc) is 2.75. The van der Waals surface area contributed by atoms with Crippen LogP contribution in [0.15, 0.2) is 23.1 Å². The summed E-state index contributed by atoms with van der Waals surface area (Å²) in [6.45, 7) is 1.66. The number of nitrogens with zero attached hydrogens (tertiary/aromatic N) is 2. The highest BCUT2D eigenvalue weighted by Crippen LogP contribution is 2.45. The summed E-state index contributed by atoms with van der Waals surface area (Å²) in [5.74, 6) is 0. The fourth-order valence-corrected chi connectivity index (χ4v) is 4.69. The number of fused-ring (bicyclic) bond motifs is 3. The van der Waals surface area contributed by atoms with Gasteiger partial charge in [-0.05, 0) is 36.7 Å². The predicted molar refractivity (Wildman–Crippen MR) is 66.0 cm³/mol. The first-order chi connectivity index (χ1) is 8.01. The van der Waals surface area contributed by atoms with E-state index in [0.717, 1.165) is 11.5 Å². The third-order valence-corrected chi connectivity index (χ3v) is 6.28. The Kier molecular flexibility index (Phi) is 2.30. The first-order valence-electron chi connectivity index (χ1n) is 4.88. The summed E-state index contributed by atoms with van der Waals surface area (Å²) in [4.78, 5) is 0.967. The summed E-state index contributed by atoms with van der Waals surface area (Å²) in [5.41, 5.74) is 1.19. The molecular formula is C10H7ClN2O2S2. The zero-order valence-corrected chi connectivity index (χ0v) is 11.1. The van der Waals surface area contributed by atoms with Crippen LogP contribution in [0.3, 0.4) is 0 Å². The van der Waals surface area contributed by atoms with E-state index in [1.165, 1.54) is 6.07 Å². The van der Waals surface area contributed by atoms with Crippen molar-refractivity contribution in [2.24, 2.45) is 0 Å². The molecule has 0 N–H and O–H groups in total. The van der Waals surface area contributed by atoms with Gasteiger partial charge in [-0.3, -0.25) is 0 Å². The molecule has 0 amide bonds. The minimum atomic E-state index is -3.35. The molecule has 1 aliphatic heterocycles. The number of aromatic nitrogens is 2. The second-order valence-corrected chi connectivity index (χ2v) is 7.27. The van der Waals surface area contributed by atoms with Crippen molar-refractivity contribution < 1.29 is 8.42 Å². The van der Waals surface area contributed by atoms with E-state index in [4.69, 9.17) is 11.6 Å². The van der Waals surface area contributed by atoms with Gasteiger partial charge in [0.05, 0.1) is 9.77 Å². The molecule has 88 valence electrons. The Morgan fingerprint density at radius 2 is 2.18 bits per heavy atom. The van der Waals surface area contributed by atoms with Crippen LogP contribution in [0.25, 0.3) is 11.3 Å². The molecule has 4 nitrogen and oxygen atoms in total. The Bertz CT molecular complexity index is 709. The molecule has 0 saturated carbocycles. The molecule has 17 heavy (non-hydrogen) atoms. The minimum absolute atomic E-state index is 0.287. The van der Waals surface area contributed by atoms with Crippen LogP contribution < -0.4 is 0 Å². The third-order valence-electron chi connectivity index (χ3n) is 2.85. The van der Waals surface area contributed by atoms with Crippen LogP contribution in [0.4, 0.5) is 0 Å². The number of rotatable bonds is 0. The van der Waals surface area contributed by atoms with Crippen molar-refractivity contribution in [1.29, 1.82) is 0 Å². The molecule has 3 rings (SSSR count). The van der Waals surface area contributed by atoms with E-state index in [9.17, 15) is 8.42 Å². The molecule has 0 saturated heterocycles. The maximum absolute atomic E-state index is 12.3. The number of sulfone groups is 1. The molecular weight excluding hydrogens is 280 g/mol. The SMILES string of the molecule is CC1c2snnc2-c2cc(Cl)ccc2S1(=O)=O. The topological polar surface area (TPSA) is 59.9 Å². The van der Waals surface area contributed by atoms with Gasteiger partial charge in [-0.15, -0.1) is 5.10 Å². The molecule has 1 aliphatic rings. The van der Waals surface area contributed by atoms with Gasteiger partial charge in [0.25, 0.3) is 0 Å². The number of hydrogen-bond donors (Lipinski definition) is 0. The van der Waals surface area contributed by atoms with Gasteiger partial charge in [-0.25, -0.2) is 8.42 Å². The Morgan fingerprint density at radius 1 is 1.41 bits per heavy atom. The number of benzene rings is 1. The summed E-state index contributed by atoms with van der Waals surface area (Å²) < 4.78 is 28.4. The van der Waals surface area contributed by atoms with Crippen molar-refractivity contribution in [3.63, 3.8) is 0 Å². The first kappa shape index (κ1) is 11.1. The van der Waals surface area contributed by atoms with Gasteiger partial charge in [0.1, 0.15) is 10.9 Å². The van der Waals surface area contributed by atoms with Crippen molar-refractivity contribution in [2.45, 2.75) is 17.1 Å². The molecule has 7 heteroatoms. The van der Waals surface area contributed by atoms with Crippen LogP contribution in [-0.2, 0) is 9.84 Å². The highest BCUT2D eigenvalue weighted by molar-refractivity contribution is 7.92. The Hall–Kier alpha value is -0.980.